The number of alkyl halides is 5. The van der Waals surface area contributed by atoms with Crippen molar-refractivity contribution < 1.29 is 11.3 Å². The van der Waals surface area contributed by atoms with Crippen molar-refractivity contribution in [2.75, 3.05) is 63.3 Å². The van der Waals surface area contributed by atoms with Crippen molar-refractivity contribution in [1.29, 1.82) is 0 Å². The van der Waals surface area contributed by atoms with E-state index in [0.717, 1.165) is 50.4 Å². The number of nitrogen functional groups attached to an aromatic ring is 4. The summed E-state index contributed by atoms with van der Waals surface area (Å²) in [6.07, 6.45) is 7.23. The predicted molar refractivity (Wildman–Crippen MR) is 274 cm³/mol. The highest BCUT2D eigenvalue weighted by molar-refractivity contribution is 14.2. The SMILES string of the molecule is C.CC(C)(I)I.CC(I)(I)CI.Nc1cccc(Cl)c1[N+](=O)[O-].Nc1cccc(N2CCCCC2)c1N.Nc1cccc(N2CCCCC2)c1[N+](=O)[O-].[HH]. The van der Waals surface area contributed by atoms with Gasteiger partial charge in [-0.05, 0) is 95.7 Å². The van der Waals surface area contributed by atoms with E-state index in [2.05, 4.69) is 150 Å². The molecule has 2 heterocycles. The average molecular weight is 1320 g/mol. The second kappa shape index (κ2) is 26.2. The standard InChI is InChI=1S/C11H15N3O2.C11H17N3.C6H5ClN2O2.C3H5I3.C3H6I2.CH4.H2/c12-9-5-4-6-10(11(9)14(15)16)13-7-2-1-3-8-13;12-9-5-4-6-10(11(9)13)14-7-2-1-3-8-14;7-4-2-1-3-5(8)6(4)9(10)11;1-3(5,6)2-4;1-3(2,4)5;;/h4-6H,1-3,7-8,12H2;4-6H,1-3,7-8,12-13H2;1-3H,8H2;2H2,1H3;1-2H3;1H4;1H. The molecule has 8 N–H and O–H groups in total. The molecule has 2 saturated heterocycles. The first-order valence-electron chi connectivity index (χ1n) is 16.3. The number of rotatable bonds is 5. The molecule has 0 atom stereocenters. The average Bonchev–Trinajstić information content (AvgIpc) is 3.06. The van der Waals surface area contributed by atoms with Crippen LogP contribution in [0, 0.1) is 20.2 Å². The second-order valence-electron chi connectivity index (χ2n) is 12.3. The van der Waals surface area contributed by atoms with E-state index in [0.29, 0.717) is 14.2 Å². The Balaban J connectivity index is 0. The quantitative estimate of drug-likeness (QED) is 0.0627. The Morgan fingerprint density at radius 1 is 0.679 bits per heavy atom. The summed E-state index contributed by atoms with van der Waals surface area (Å²) in [4.78, 5) is 24.7. The van der Waals surface area contributed by atoms with Crippen molar-refractivity contribution in [3.05, 3.63) is 79.8 Å². The third-order valence-electron chi connectivity index (χ3n) is 7.17. The van der Waals surface area contributed by atoms with E-state index in [1.54, 1.807) is 24.3 Å². The smallest absolute Gasteiger partial charge is 0.315 e. The molecule has 2 fully saturated rings. The van der Waals surface area contributed by atoms with Gasteiger partial charge in [0.25, 0.3) is 0 Å². The lowest BCUT2D eigenvalue weighted by atomic mass is 10.1. The lowest BCUT2D eigenvalue weighted by Gasteiger charge is -2.30. The van der Waals surface area contributed by atoms with Crippen molar-refractivity contribution in [2.24, 2.45) is 0 Å². The summed E-state index contributed by atoms with van der Waals surface area (Å²) in [5.41, 5.74) is 26.0. The highest BCUT2D eigenvalue weighted by atomic mass is 127. The minimum absolute atomic E-state index is 0. The van der Waals surface area contributed by atoms with Crippen LogP contribution in [0.3, 0.4) is 0 Å². The van der Waals surface area contributed by atoms with E-state index in [-0.39, 0.29) is 41.5 Å². The van der Waals surface area contributed by atoms with Crippen molar-refractivity contribution in [2.45, 2.75) is 69.6 Å². The fourth-order valence-corrected chi connectivity index (χ4v) is 5.09. The Kier molecular flexibility index (Phi) is 25.8. The topological polar surface area (TPSA) is 197 Å². The van der Waals surface area contributed by atoms with Gasteiger partial charge in [-0.25, -0.2) is 0 Å². The Labute approximate surface area is 389 Å². The van der Waals surface area contributed by atoms with Gasteiger partial charge in [-0.3, -0.25) is 20.2 Å². The van der Waals surface area contributed by atoms with E-state index in [9.17, 15) is 20.2 Å². The van der Waals surface area contributed by atoms with Gasteiger partial charge in [0, 0.05) is 32.0 Å². The Morgan fingerprint density at radius 3 is 1.38 bits per heavy atom. The molecule has 0 aromatic heterocycles. The lowest BCUT2D eigenvalue weighted by molar-refractivity contribution is -0.383. The molecule has 2 aliphatic heterocycles. The maximum Gasteiger partial charge on any atom is 0.315 e. The van der Waals surface area contributed by atoms with Crippen LogP contribution in [-0.2, 0) is 0 Å². The summed E-state index contributed by atoms with van der Waals surface area (Å²) in [6.45, 7) is 10.5. The molecule has 0 saturated carbocycles. The van der Waals surface area contributed by atoms with Crippen LogP contribution in [-0.4, -0.2) is 43.3 Å². The third kappa shape index (κ3) is 21.3. The highest BCUT2D eigenvalue weighted by Crippen LogP contribution is 2.35. The number of hydrogen-bond donors (Lipinski definition) is 4. The Hall–Kier alpha value is -0.800. The number of benzene rings is 3. The molecule has 5 rings (SSSR count). The minimum atomic E-state index is -0.600. The number of nitro benzene ring substituents is 2. The summed E-state index contributed by atoms with van der Waals surface area (Å²) in [5.74, 6) is 0. The van der Waals surface area contributed by atoms with Crippen molar-refractivity contribution in [3.8, 4) is 0 Å². The molecule has 0 unspecified atom stereocenters. The van der Waals surface area contributed by atoms with Crippen LogP contribution in [0.4, 0.5) is 45.5 Å². The molecule has 53 heavy (non-hydrogen) atoms. The summed E-state index contributed by atoms with van der Waals surface area (Å²) >= 11 is 17.4. The maximum atomic E-state index is 11.0. The molecular formula is C35H54ClI5N8O4. The fourth-order valence-electron chi connectivity index (χ4n) is 4.84. The first kappa shape index (κ1) is 52.2. The number of nitrogens with zero attached hydrogens (tertiary/aromatic N) is 4. The first-order chi connectivity index (χ1) is 24.2. The molecular weight excluding hydrogens is 1270 g/mol. The van der Waals surface area contributed by atoms with E-state index in [1.807, 2.05) is 12.1 Å². The first-order valence-corrected chi connectivity index (χ1v) is 22.6. The number of halogens is 6. The maximum absolute atomic E-state index is 11.0. The van der Waals surface area contributed by atoms with Gasteiger partial charge >= 0.3 is 11.4 Å². The zero-order valence-electron chi connectivity index (χ0n) is 29.5. The summed E-state index contributed by atoms with van der Waals surface area (Å²) in [5, 5.41) is 21.3. The van der Waals surface area contributed by atoms with Crippen LogP contribution in [0.2, 0.25) is 5.02 Å². The normalized spacial score (nSPS) is 13.8. The molecule has 18 heteroatoms. The van der Waals surface area contributed by atoms with Gasteiger partial charge < -0.3 is 32.7 Å². The van der Waals surface area contributed by atoms with Crippen molar-refractivity contribution in [1.82, 2.24) is 0 Å². The van der Waals surface area contributed by atoms with Gasteiger partial charge in [-0.1, -0.05) is 150 Å². The van der Waals surface area contributed by atoms with Gasteiger partial charge in [0.1, 0.15) is 22.1 Å². The molecule has 0 amide bonds. The molecule has 3 aromatic rings. The van der Waals surface area contributed by atoms with Gasteiger partial charge in [-0.15, -0.1) is 0 Å². The third-order valence-corrected chi connectivity index (χ3v) is 12.7. The summed E-state index contributed by atoms with van der Waals surface area (Å²) in [7, 11) is 0. The fraction of sp³-hybridized carbons (Fsp3) is 0.486. The van der Waals surface area contributed by atoms with E-state index in [4.69, 9.17) is 34.5 Å². The zero-order chi connectivity index (χ0) is 39.6. The molecule has 0 bridgehead atoms. The number of nitro groups is 2. The molecule has 12 nitrogen and oxygen atoms in total. The number of nitrogens with two attached hydrogens (primary N) is 4. The molecule has 3 aromatic carbocycles. The molecule has 0 spiro atoms. The highest BCUT2D eigenvalue weighted by Gasteiger charge is 2.23. The Bertz CT molecular complexity index is 1550. The van der Waals surface area contributed by atoms with Crippen LogP contribution < -0.4 is 32.7 Å². The zero-order valence-corrected chi connectivity index (χ0v) is 41.0. The number of para-hydroxylation sites is 3. The van der Waals surface area contributed by atoms with Crippen LogP contribution in [0.1, 0.15) is 68.1 Å². The van der Waals surface area contributed by atoms with Crippen molar-refractivity contribution in [3.63, 3.8) is 0 Å². The predicted octanol–water partition coefficient (Wildman–Crippen LogP) is 12.3. The molecule has 2 aliphatic rings. The summed E-state index contributed by atoms with van der Waals surface area (Å²) in [6, 6.07) is 15.4. The monoisotopic (exact) mass is 1320 g/mol. The molecule has 0 aliphatic carbocycles. The minimum Gasteiger partial charge on any atom is -0.397 e. The molecule has 300 valence electrons. The van der Waals surface area contributed by atoms with Gasteiger partial charge in [0.05, 0.1) is 29.8 Å². The Morgan fingerprint density at radius 2 is 1.02 bits per heavy atom. The summed E-state index contributed by atoms with van der Waals surface area (Å²) < 4.78 is 2.12. The van der Waals surface area contributed by atoms with Crippen LogP contribution >= 0.6 is 125 Å². The van der Waals surface area contributed by atoms with E-state index in [1.165, 1.54) is 42.2 Å². The number of hydrogen-bond acceptors (Lipinski definition) is 10. The van der Waals surface area contributed by atoms with Gasteiger partial charge in [0.2, 0.25) is 0 Å². The van der Waals surface area contributed by atoms with Crippen LogP contribution in [0.15, 0.2) is 54.6 Å². The van der Waals surface area contributed by atoms with Gasteiger partial charge in [0.15, 0.2) is 0 Å². The number of anilines is 6. The van der Waals surface area contributed by atoms with Crippen LogP contribution in [0.5, 0.6) is 0 Å². The molecule has 0 radical (unpaired) electrons. The number of piperidine rings is 2. The second-order valence-corrected chi connectivity index (χ2v) is 27.8. The van der Waals surface area contributed by atoms with E-state index < -0.39 is 4.92 Å². The largest absolute Gasteiger partial charge is 0.397 e. The lowest BCUT2D eigenvalue weighted by Crippen LogP contribution is -2.30. The van der Waals surface area contributed by atoms with E-state index >= 15 is 0 Å². The van der Waals surface area contributed by atoms with Gasteiger partial charge in [-0.2, -0.15) is 0 Å². The van der Waals surface area contributed by atoms with Crippen LogP contribution in [0.25, 0.3) is 0 Å². The van der Waals surface area contributed by atoms with Crippen molar-refractivity contribution >= 4 is 170 Å².